The van der Waals surface area contributed by atoms with Gasteiger partial charge in [-0.25, -0.2) is 4.68 Å². The van der Waals surface area contributed by atoms with E-state index in [4.69, 9.17) is 15.9 Å². The number of rotatable bonds is 8. The number of carbonyl (C=O) groups excluding carboxylic acids is 1. The number of aryl methyl sites for hydroxylation is 1. The molecule has 0 radical (unpaired) electrons. The Balaban J connectivity index is 1.61. The van der Waals surface area contributed by atoms with Crippen molar-refractivity contribution in [1.29, 1.82) is 0 Å². The number of nitrogens with zero attached hydrogens (tertiary/aromatic N) is 4. The average molecular weight is 508 g/mol. The molecular weight excluding hydrogens is 474 g/mol. The number of aliphatic hydroxyl groups is 1. The third-order valence-corrected chi connectivity index (χ3v) is 7.11. The van der Waals surface area contributed by atoms with E-state index in [2.05, 4.69) is 33.8 Å². The molecule has 194 valence electrons. The lowest BCUT2D eigenvalue weighted by atomic mass is 9.95. The molecule has 0 aliphatic carbocycles. The van der Waals surface area contributed by atoms with E-state index in [0.29, 0.717) is 12.1 Å². The molecule has 0 saturated heterocycles. The smallest absolute Gasteiger partial charge is 0.248 e. The van der Waals surface area contributed by atoms with E-state index in [1.54, 1.807) is 6.07 Å². The maximum absolute atomic E-state index is 11.8. The van der Waals surface area contributed by atoms with Gasteiger partial charge in [-0.15, -0.1) is 0 Å². The number of hydrogen-bond donors (Lipinski definition) is 2. The lowest BCUT2D eigenvalue weighted by molar-refractivity contribution is 0.1000. The lowest BCUT2D eigenvalue weighted by Crippen LogP contribution is -2.12. The normalized spacial score (nSPS) is 12.4. The van der Waals surface area contributed by atoms with E-state index in [-0.39, 0.29) is 5.92 Å². The van der Waals surface area contributed by atoms with Crippen molar-refractivity contribution < 1.29 is 9.90 Å². The first-order valence-electron chi connectivity index (χ1n) is 13.0. The Morgan fingerprint density at radius 3 is 2.47 bits per heavy atom. The lowest BCUT2D eigenvalue weighted by Gasteiger charge is -2.12. The minimum absolute atomic E-state index is 0.235. The van der Waals surface area contributed by atoms with Crippen molar-refractivity contribution in [3.8, 4) is 16.9 Å². The summed E-state index contributed by atoms with van der Waals surface area (Å²) >= 11 is 0. The van der Waals surface area contributed by atoms with Gasteiger partial charge in [0.1, 0.15) is 0 Å². The summed E-state index contributed by atoms with van der Waals surface area (Å²) in [6.45, 7) is 8.86. The first kappa shape index (κ1) is 25.4. The first-order valence-corrected chi connectivity index (χ1v) is 13.0. The number of hydrogen-bond acceptors (Lipinski definition) is 4. The summed E-state index contributed by atoms with van der Waals surface area (Å²) in [5.74, 6) is -0.202. The maximum atomic E-state index is 11.8. The molecule has 0 bridgehead atoms. The Morgan fingerprint density at radius 2 is 1.79 bits per heavy atom. The van der Waals surface area contributed by atoms with Crippen LogP contribution in [0.25, 0.3) is 27.8 Å². The largest absolute Gasteiger partial charge is 0.386 e. The second kappa shape index (κ2) is 10.3. The molecular formula is C31H33N5O2. The zero-order valence-corrected chi connectivity index (χ0v) is 22.2. The molecule has 2 aromatic heterocycles. The number of primary amides is 1. The summed E-state index contributed by atoms with van der Waals surface area (Å²) in [5, 5.41) is 21.6. The fraction of sp³-hybridized carbons (Fsp3) is 0.258. The molecule has 0 spiro atoms. The van der Waals surface area contributed by atoms with Crippen LogP contribution in [0.15, 0.2) is 72.9 Å². The van der Waals surface area contributed by atoms with Gasteiger partial charge in [-0.1, -0.05) is 63.2 Å². The summed E-state index contributed by atoms with van der Waals surface area (Å²) < 4.78 is 3.79. The molecule has 0 aliphatic rings. The van der Waals surface area contributed by atoms with Crippen LogP contribution in [0.3, 0.4) is 0 Å². The highest BCUT2D eigenvalue weighted by Gasteiger charge is 2.23. The molecule has 5 rings (SSSR count). The van der Waals surface area contributed by atoms with Gasteiger partial charge < -0.3 is 10.8 Å². The highest BCUT2D eigenvalue weighted by atomic mass is 16.3. The van der Waals surface area contributed by atoms with Crippen LogP contribution in [0.2, 0.25) is 0 Å². The minimum atomic E-state index is -0.655. The Bertz CT molecular complexity index is 1610. The van der Waals surface area contributed by atoms with Crippen LogP contribution in [0.5, 0.6) is 0 Å². The SMILES string of the molecule is CCc1cc(C(N)=O)ccc1-n1nc(-c2cccc3nn(CC(O)c4ccccc4)cc23)c(C(C)C)c1C. The van der Waals surface area contributed by atoms with Gasteiger partial charge in [0.15, 0.2) is 0 Å². The molecule has 7 nitrogen and oxygen atoms in total. The summed E-state index contributed by atoms with van der Waals surface area (Å²) in [7, 11) is 0. The second-order valence-electron chi connectivity index (χ2n) is 9.99. The number of aromatic nitrogens is 4. The molecule has 5 aromatic rings. The number of carbonyl (C=O) groups is 1. The Hall–Kier alpha value is -4.23. The van der Waals surface area contributed by atoms with Gasteiger partial charge in [0, 0.05) is 34.0 Å². The van der Waals surface area contributed by atoms with Gasteiger partial charge in [-0.3, -0.25) is 9.48 Å². The van der Waals surface area contributed by atoms with Gasteiger partial charge in [-0.05, 0) is 54.7 Å². The highest BCUT2D eigenvalue weighted by molar-refractivity contribution is 5.95. The molecule has 1 unspecified atom stereocenters. The van der Waals surface area contributed by atoms with Crippen molar-refractivity contribution in [3.05, 3.63) is 101 Å². The minimum Gasteiger partial charge on any atom is -0.386 e. The molecule has 3 N–H and O–H groups in total. The Kier molecular flexibility index (Phi) is 6.87. The topological polar surface area (TPSA) is 99.0 Å². The third kappa shape index (κ3) is 4.61. The predicted molar refractivity (Wildman–Crippen MR) is 150 cm³/mol. The summed E-state index contributed by atoms with van der Waals surface area (Å²) in [4.78, 5) is 11.8. The average Bonchev–Trinajstić information content (AvgIpc) is 3.48. The van der Waals surface area contributed by atoms with Gasteiger partial charge in [0.2, 0.25) is 5.91 Å². The number of amides is 1. The van der Waals surface area contributed by atoms with Crippen molar-refractivity contribution in [2.75, 3.05) is 0 Å². The summed E-state index contributed by atoms with van der Waals surface area (Å²) in [6, 6.07) is 21.2. The third-order valence-electron chi connectivity index (χ3n) is 7.11. The predicted octanol–water partition coefficient (Wildman–Crippen LogP) is 5.72. The molecule has 0 fully saturated rings. The molecule has 0 saturated carbocycles. The fourth-order valence-corrected chi connectivity index (χ4v) is 5.22. The van der Waals surface area contributed by atoms with Gasteiger partial charge in [0.05, 0.1) is 29.5 Å². The van der Waals surface area contributed by atoms with Crippen molar-refractivity contribution in [2.24, 2.45) is 5.73 Å². The Labute approximate surface area is 222 Å². The number of fused-ring (bicyclic) bond motifs is 1. The fourth-order valence-electron chi connectivity index (χ4n) is 5.22. The zero-order chi connectivity index (χ0) is 27.0. The summed E-state index contributed by atoms with van der Waals surface area (Å²) in [5.41, 5.74) is 13.8. The molecule has 7 heteroatoms. The van der Waals surface area contributed by atoms with E-state index in [1.165, 1.54) is 0 Å². The molecule has 1 amide bonds. The quantitative estimate of drug-likeness (QED) is 0.281. The molecule has 2 heterocycles. The van der Waals surface area contributed by atoms with Gasteiger partial charge >= 0.3 is 0 Å². The van der Waals surface area contributed by atoms with Gasteiger partial charge in [-0.2, -0.15) is 10.2 Å². The molecule has 0 aliphatic heterocycles. The van der Waals surface area contributed by atoms with E-state index in [9.17, 15) is 9.90 Å². The molecule has 3 aromatic carbocycles. The van der Waals surface area contributed by atoms with Crippen molar-refractivity contribution in [1.82, 2.24) is 19.6 Å². The Morgan fingerprint density at radius 1 is 1.03 bits per heavy atom. The number of aliphatic hydroxyl groups excluding tert-OH is 1. The first-order chi connectivity index (χ1) is 18.3. The number of nitrogens with two attached hydrogens (primary N) is 1. The van der Waals surface area contributed by atoms with Crippen LogP contribution < -0.4 is 5.73 Å². The van der Waals surface area contributed by atoms with Gasteiger partial charge in [0.25, 0.3) is 0 Å². The van der Waals surface area contributed by atoms with Crippen LogP contribution >= 0.6 is 0 Å². The monoisotopic (exact) mass is 507 g/mol. The van der Waals surface area contributed by atoms with Crippen LogP contribution in [0.1, 0.15) is 65.5 Å². The number of benzene rings is 3. The van der Waals surface area contributed by atoms with E-state index in [1.807, 2.05) is 70.2 Å². The molecule has 1 atom stereocenters. The van der Waals surface area contributed by atoms with E-state index < -0.39 is 12.0 Å². The molecule has 38 heavy (non-hydrogen) atoms. The maximum Gasteiger partial charge on any atom is 0.248 e. The van der Waals surface area contributed by atoms with Crippen LogP contribution in [-0.2, 0) is 13.0 Å². The van der Waals surface area contributed by atoms with E-state index >= 15 is 0 Å². The van der Waals surface area contributed by atoms with Crippen LogP contribution in [-0.4, -0.2) is 30.6 Å². The van der Waals surface area contributed by atoms with Crippen LogP contribution in [0, 0.1) is 6.92 Å². The summed E-state index contributed by atoms with van der Waals surface area (Å²) in [6.07, 6.45) is 2.08. The van der Waals surface area contributed by atoms with Crippen LogP contribution in [0.4, 0.5) is 0 Å². The van der Waals surface area contributed by atoms with E-state index in [0.717, 1.165) is 56.7 Å². The van der Waals surface area contributed by atoms with Crippen molar-refractivity contribution in [3.63, 3.8) is 0 Å². The van der Waals surface area contributed by atoms with Crippen molar-refractivity contribution in [2.45, 2.75) is 52.7 Å². The zero-order valence-electron chi connectivity index (χ0n) is 22.2. The highest BCUT2D eigenvalue weighted by Crippen LogP contribution is 2.37. The van der Waals surface area contributed by atoms with Crippen molar-refractivity contribution >= 4 is 16.8 Å². The standard InChI is InChI=1S/C31H33N5O2/c1-5-21-16-23(31(32)38)14-15-27(21)36-20(4)29(19(2)3)30(34-36)24-12-9-13-26-25(24)17-35(33-26)18-28(37)22-10-7-6-8-11-22/h6-17,19,28,37H,5,18H2,1-4H3,(H2,32,38). The second-order valence-corrected chi connectivity index (χ2v) is 9.99.